The van der Waals surface area contributed by atoms with E-state index in [9.17, 15) is 36.6 Å². The highest BCUT2D eigenvalue weighted by Crippen LogP contribution is 2.42. The molecule has 0 saturated heterocycles. The molecule has 0 bridgehead atoms. The number of rotatable bonds is 7. The van der Waals surface area contributed by atoms with Crippen molar-refractivity contribution in [1.29, 1.82) is 0 Å². The van der Waals surface area contributed by atoms with Crippen molar-refractivity contribution < 1.29 is 41.4 Å². The Kier molecular flexibility index (Phi) is 7.66. The average molecular weight is 541 g/mol. The summed E-state index contributed by atoms with van der Waals surface area (Å²) in [5.74, 6) is -3.42. The number of hydrogen-bond acceptors (Lipinski definition) is 3. The van der Waals surface area contributed by atoms with Gasteiger partial charge in [0.25, 0.3) is 0 Å². The molecular weight excluding hydrogens is 521 g/mol. The Bertz CT molecular complexity index is 1570. The highest BCUT2D eigenvalue weighted by Gasteiger charge is 2.32. The van der Waals surface area contributed by atoms with Crippen LogP contribution in [0.3, 0.4) is 0 Å². The Balaban J connectivity index is 1.89. The fourth-order valence-electron chi connectivity index (χ4n) is 4.02. The van der Waals surface area contributed by atoms with Crippen molar-refractivity contribution in [3.8, 4) is 28.0 Å². The zero-order chi connectivity index (χ0) is 28.3. The fourth-order valence-corrected chi connectivity index (χ4v) is 4.02. The lowest BCUT2D eigenvalue weighted by molar-refractivity contribution is -0.137. The molecule has 0 radical (unpaired) electrons. The van der Waals surface area contributed by atoms with Gasteiger partial charge in [0.15, 0.2) is 0 Å². The highest BCUT2D eigenvalue weighted by molar-refractivity contribution is 6.01. The maximum absolute atomic E-state index is 14.2. The molecule has 0 aliphatic rings. The quantitative estimate of drug-likeness (QED) is 0.237. The summed E-state index contributed by atoms with van der Waals surface area (Å²) in [7, 11) is 0. The van der Waals surface area contributed by atoms with Crippen molar-refractivity contribution in [2.45, 2.75) is 19.7 Å². The summed E-state index contributed by atoms with van der Waals surface area (Å²) in [5.41, 5.74) is -0.338. The minimum absolute atomic E-state index is 0.0216. The van der Waals surface area contributed by atoms with Gasteiger partial charge in [-0.05, 0) is 65.2 Å². The molecule has 0 spiro atoms. The van der Waals surface area contributed by atoms with Crippen LogP contribution in [0.2, 0.25) is 0 Å². The molecule has 0 heterocycles. The van der Waals surface area contributed by atoms with E-state index in [1.165, 1.54) is 37.3 Å². The molecule has 2 N–H and O–H groups in total. The van der Waals surface area contributed by atoms with Crippen LogP contribution in [0.25, 0.3) is 22.3 Å². The Morgan fingerprint density at radius 1 is 0.846 bits per heavy atom. The second kappa shape index (κ2) is 10.9. The van der Waals surface area contributed by atoms with E-state index < -0.39 is 41.9 Å². The Labute approximate surface area is 219 Å². The first kappa shape index (κ1) is 27.3. The number of carboxylic acids is 1. The van der Waals surface area contributed by atoms with E-state index in [1.807, 2.05) is 0 Å². The molecule has 39 heavy (non-hydrogen) atoms. The molecule has 0 aliphatic carbocycles. The predicted molar refractivity (Wildman–Crippen MR) is 134 cm³/mol. The molecule has 10 heteroatoms. The fraction of sp³-hybridized carbons (Fsp3) is 0.103. The molecule has 1 amide bonds. The minimum Gasteiger partial charge on any atom is -0.488 e. The number of benzene rings is 4. The SMILES string of the molecule is CC(=O)Nc1ccc(C(=O)O)c(-c2ccccc2-c2cc(C(F)(F)F)ccc2OCc2ccc(F)cc2F)c1. The van der Waals surface area contributed by atoms with E-state index in [0.29, 0.717) is 6.07 Å². The number of halogens is 5. The molecule has 200 valence electrons. The van der Waals surface area contributed by atoms with Crippen LogP contribution >= 0.6 is 0 Å². The van der Waals surface area contributed by atoms with Crippen LogP contribution in [0.4, 0.5) is 27.6 Å². The minimum atomic E-state index is -4.71. The summed E-state index contributed by atoms with van der Waals surface area (Å²) in [6.07, 6.45) is -4.71. The zero-order valence-corrected chi connectivity index (χ0v) is 20.3. The van der Waals surface area contributed by atoms with Crippen molar-refractivity contribution in [2.24, 2.45) is 0 Å². The van der Waals surface area contributed by atoms with Gasteiger partial charge >= 0.3 is 12.1 Å². The molecule has 0 unspecified atom stereocenters. The van der Waals surface area contributed by atoms with Gasteiger partial charge < -0.3 is 15.2 Å². The Morgan fingerprint density at radius 2 is 1.54 bits per heavy atom. The van der Waals surface area contributed by atoms with Crippen LogP contribution < -0.4 is 10.1 Å². The lowest BCUT2D eigenvalue weighted by atomic mass is 9.90. The van der Waals surface area contributed by atoms with Crippen molar-refractivity contribution in [2.75, 3.05) is 5.32 Å². The molecule has 0 aliphatic heterocycles. The average Bonchev–Trinajstić information content (AvgIpc) is 2.87. The smallest absolute Gasteiger partial charge is 0.416 e. The van der Waals surface area contributed by atoms with Crippen molar-refractivity contribution >= 4 is 17.6 Å². The van der Waals surface area contributed by atoms with Gasteiger partial charge in [0.05, 0.1) is 11.1 Å². The van der Waals surface area contributed by atoms with Gasteiger partial charge in [0.1, 0.15) is 24.0 Å². The number of carboxylic acid groups (broad SMARTS) is 1. The summed E-state index contributed by atoms with van der Waals surface area (Å²) in [6.45, 7) is 0.861. The van der Waals surface area contributed by atoms with Gasteiger partial charge in [-0.25, -0.2) is 13.6 Å². The maximum Gasteiger partial charge on any atom is 0.416 e. The molecular formula is C29H20F5NO4. The number of hydrogen-bond donors (Lipinski definition) is 2. The van der Waals surface area contributed by atoms with E-state index in [2.05, 4.69) is 5.32 Å². The van der Waals surface area contributed by atoms with E-state index in [1.54, 1.807) is 12.1 Å². The molecule has 5 nitrogen and oxygen atoms in total. The third kappa shape index (κ3) is 6.23. The van der Waals surface area contributed by atoms with Gasteiger partial charge in [0.2, 0.25) is 5.91 Å². The van der Waals surface area contributed by atoms with Gasteiger partial charge in [-0.1, -0.05) is 24.3 Å². The van der Waals surface area contributed by atoms with Gasteiger partial charge in [0, 0.05) is 29.8 Å². The number of anilines is 1. The van der Waals surface area contributed by atoms with Crippen LogP contribution in [-0.4, -0.2) is 17.0 Å². The number of alkyl halides is 3. The number of nitrogens with one attached hydrogen (secondary N) is 1. The normalized spacial score (nSPS) is 11.2. The van der Waals surface area contributed by atoms with Crippen LogP contribution in [0, 0.1) is 11.6 Å². The van der Waals surface area contributed by atoms with E-state index in [4.69, 9.17) is 4.74 Å². The van der Waals surface area contributed by atoms with E-state index in [0.717, 1.165) is 30.3 Å². The van der Waals surface area contributed by atoms with E-state index in [-0.39, 0.29) is 44.8 Å². The van der Waals surface area contributed by atoms with E-state index >= 15 is 0 Å². The Hall–Kier alpha value is -4.73. The first-order chi connectivity index (χ1) is 18.4. The first-order valence-electron chi connectivity index (χ1n) is 11.5. The third-order valence-electron chi connectivity index (χ3n) is 5.78. The van der Waals surface area contributed by atoms with Crippen LogP contribution in [-0.2, 0) is 17.6 Å². The van der Waals surface area contributed by atoms with Crippen molar-refractivity contribution in [3.05, 3.63) is 107 Å². The van der Waals surface area contributed by atoms with Gasteiger partial charge in [-0.2, -0.15) is 13.2 Å². The largest absolute Gasteiger partial charge is 0.488 e. The lowest BCUT2D eigenvalue weighted by Gasteiger charge is -2.19. The number of carbonyl (C=O) groups excluding carboxylic acids is 1. The predicted octanol–water partition coefficient (Wildman–Crippen LogP) is 7.55. The van der Waals surface area contributed by atoms with Gasteiger partial charge in [-0.3, -0.25) is 4.79 Å². The highest BCUT2D eigenvalue weighted by atomic mass is 19.4. The second-order valence-electron chi connectivity index (χ2n) is 8.53. The molecule has 4 aromatic carbocycles. The zero-order valence-electron chi connectivity index (χ0n) is 20.3. The molecule has 0 aromatic heterocycles. The summed E-state index contributed by atoms with van der Waals surface area (Å²) < 4.78 is 74.2. The molecule has 4 aromatic rings. The summed E-state index contributed by atoms with van der Waals surface area (Å²) in [6, 6.07) is 15.8. The number of carbonyl (C=O) groups is 2. The summed E-state index contributed by atoms with van der Waals surface area (Å²) in [5, 5.41) is 12.4. The summed E-state index contributed by atoms with van der Waals surface area (Å²) in [4.78, 5) is 23.6. The van der Waals surface area contributed by atoms with Crippen molar-refractivity contribution in [3.63, 3.8) is 0 Å². The van der Waals surface area contributed by atoms with Crippen molar-refractivity contribution in [1.82, 2.24) is 0 Å². The topological polar surface area (TPSA) is 75.6 Å². The maximum atomic E-state index is 14.2. The Morgan fingerprint density at radius 3 is 2.15 bits per heavy atom. The summed E-state index contributed by atoms with van der Waals surface area (Å²) >= 11 is 0. The second-order valence-corrected chi connectivity index (χ2v) is 8.53. The lowest BCUT2D eigenvalue weighted by Crippen LogP contribution is -2.08. The van der Waals surface area contributed by atoms with Crippen LogP contribution in [0.15, 0.2) is 78.9 Å². The molecule has 0 saturated carbocycles. The standard InChI is InChI=1S/C29H20F5NO4/c1-16(36)35-20-9-10-23(28(37)38)24(14-20)21-4-2-3-5-22(21)25-12-18(29(32,33)34)7-11-27(25)39-15-17-6-8-19(30)13-26(17)31/h2-14H,15H2,1H3,(H,35,36)(H,37,38). The first-order valence-corrected chi connectivity index (χ1v) is 11.5. The van der Waals surface area contributed by atoms with Crippen LogP contribution in [0.5, 0.6) is 5.75 Å². The third-order valence-corrected chi connectivity index (χ3v) is 5.78. The van der Waals surface area contributed by atoms with Gasteiger partial charge in [-0.15, -0.1) is 0 Å². The van der Waals surface area contributed by atoms with Crippen LogP contribution in [0.1, 0.15) is 28.4 Å². The number of ether oxygens (including phenoxy) is 1. The monoisotopic (exact) mass is 541 g/mol. The number of aromatic carboxylic acids is 1. The molecule has 0 fully saturated rings. The molecule has 4 rings (SSSR count). The molecule has 0 atom stereocenters. The number of amides is 1.